The van der Waals surface area contributed by atoms with Gasteiger partial charge in [0.1, 0.15) is 6.33 Å². The van der Waals surface area contributed by atoms with Gasteiger partial charge in [0.05, 0.1) is 6.54 Å². The minimum absolute atomic E-state index is 0.637. The first kappa shape index (κ1) is 11.0. The van der Waals surface area contributed by atoms with E-state index in [2.05, 4.69) is 15.5 Å². The summed E-state index contributed by atoms with van der Waals surface area (Å²) in [6.45, 7) is 2.67. The molecule has 2 aromatic rings. The first-order valence-electron chi connectivity index (χ1n) is 4.99. The van der Waals surface area contributed by atoms with Crippen molar-refractivity contribution in [3.05, 3.63) is 40.9 Å². The molecule has 0 saturated carbocycles. The molecule has 2 rings (SSSR count). The van der Waals surface area contributed by atoms with Crippen molar-refractivity contribution in [2.75, 3.05) is 5.32 Å². The molecule has 4 nitrogen and oxygen atoms in total. The van der Waals surface area contributed by atoms with Crippen LogP contribution in [0.2, 0.25) is 5.02 Å². The molecule has 16 heavy (non-hydrogen) atoms. The van der Waals surface area contributed by atoms with E-state index >= 15 is 0 Å². The Hall–Kier alpha value is -1.55. The quantitative estimate of drug-likeness (QED) is 0.890. The molecule has 0 radical (unpaired) electrons. The van der Waals surface area contributed by atoms with Gasteiger partial charge in [-0.25, -0.2) is 0 Å². The van der Waals surface area contributed by atoms with Gasteiger partial charge < -0.3 is 9.88 Å². The van der Waals surface area contributed by atoms with E-state index in [1.165, 1.54) is 0 Å². The second-order valence-electron chi connectivity index (χ2n) is 3.67. The van der Waals surface area contributed by atoms with Crippen molar-refractivity contribution in [2.45, 2.75) is 13.5 Å². The molecule has 5 heteroatoms. The lowest BCUT2D eigenvalue weighted by atomic mass is 10.2. The minimum atomic E-state index is 0.637. The molecule has 1 N–H and O–H groups in total. The summed E-state index contributed by atoms with van der Waals surface area (Å²) in [5.41, 5.74) is 2.18. The van der Waals surface area contributed by atoms with Gasteiger partial charge in [0, 0.05) is 17.8 Å². The number of nitrogens with one attached hydrogen (secondary N) is 1. The molecule has 1 heterocycles. The van der Waals surface area contributed by atoms with Gasteiger partial charge in [-0.15, -0.1) is 10.2 Å². The number of nitrogens with zero attached hydrogens (tertiary/aromatic N) is 3. The van der Waals surface area contributed by atoms with Gasteiger partial charge in [0.2, 0.25) is 0 Å². The third-order valence-corrected chi connectivity index (χ3v) is 2.68. The summed E-state index contributed by atoms with van der Waals surface area (Å²) in [6, 6.07) is 5.78. The van der Waals surface area contributed by atoms with E-state index in [1.54, 1.807) is 6.33 Å². The molecule has 1 aromatic heterocycles. The molecular formula is C11H13ClN4. The molecule has 0 aliphatic carbocycles. The topological polar surface area (TPSA) is 42.7 Å². The summed E-state index contributed by atoms with van der Waals surface area (Å²) >= 11 is 5.94. The van der Waals surface area contributed by atoms with Crippen molar-refractivity contribution >= 4 is 17.3 Å². The lowest BCUT2D eigenvalue weighted by Crippen LogP contribution is -2.06. The second kappa shape index (κ2) is 4.53. The smallest absolute Gasteiger partial charge is 0.151 e. The van der Waals surface area contributed by atoms with E-state index < -0.39 is 0 Å². The van der Waals surface area contributed by atoms with E-state index in [1.807, 2.05) is 36.7 Å². The van der Waals surface area contributed by atoms with Crippen molar-refractivity contribution in [1.82, 2.24) is 14.8 Å². The van der Waals surface area contributed by atoms with Crippen LogP contribution in [0.15, 0.2) is 24.5 Å². The van der Waals surface area contributed by atoms with Crippen molar-refractivity contribution in [3.8, 4) is 0 Å². The molecule has 0 bridgehead atoms. The van der Waals surface area contributed by atoms with Crippen LogP contribution in [-0.4, -0.2) is 14.8 Å². The van der Waals surface area contributed by atoms with Crippen molar-refractivity contribution in [2.24, 2.45) is 7.05 Å². The van der Waals surface area contributed by atoms with Crippen LogP contribution in [0.1, 0.15) is 11.4 Å². The zero-order valence-corrected chi connectivity index (χ0v) is 9.99. The van der Waals surface area contributed by atoms with Gasteiger partial charge in [-0.2, -0.15) is 0 Å². The average Bonchev–Trinajstić information content (AvgIpc) is 2.66. The first-order valence-corrected chi connectivity index (χ1v) is 5.37. The van der Waals surface area contributed by atoms with Crippen LogP contribution in [0.25, 0.3) is 0 Å². The van der Waals surface area contributed by atoms with Gasteiger partial charge in [0.25, 0.3) is 0 Å². The Bertz CT molecular complexity index is 492. The van der Waals surface area contributed by atoms with E-state index in [0.29, 0.717) is 6.54 Å². The van der Waals surface area contributed by atoms with Gasteiger partial charge >= 0.3 is 0 Å². The van der Waals surface area contributed by atoms with Crippen LogP contribution < -0.4 is 5.32 Å². The second-order valence-corrected chi connectivity index (χ2v) is 4.11. The summed E-state index contributed by atoms with van der Waals surface area (Å²) in [6.07, 6.45) is 1.68. The third-order valence-electron chi connectivity index (χ3n) is 2.44. The normalized spacial score (nSPS) is 10.4. The Kier molecular flexibility index (Phi) is 3.10. The van der Waals surface area contributed by atoms with Crippen LogP contribution in [0, 0.1) is 6.92 Å². The summed E-state index contributed by atoms with van der Waals surface area (Å²) in [7, 11) is 1.92. The van der Waals surface area contributed by atoms with E-state index in [0.717, 1.165) is 22.1 Å². The molecule has 1 aromatic carbocycles. The molecule has 0 aliphatic heterocycles. The Morgan fingerprint density at radius 3 is 2.94 bits per heavy atom. The molecular weight excluding hydrogens is 224 g/mol. The van der Waals surface area contributed by atoms with E-state index in [9.17, 15) is 0 Å². The van der Waals surface area contributed by atoms with Crippen LogP contribution in [0.5, 0.6) is 0 Å². The van der Waals surface area contributed by atoms with Crippen molar-refractivity contribution < 1.29 is 0 Å². The Morgan fingerprint density at radius 1 is 1.44 bits per heavy atom. The summed E-state index contributed by atoms with van der Waals surface area (Å²) in [4.78, 5) is 0. The number of benzene rings is 1. The van der Waals surface area contributed by atoms with Crippen LogP contribution in [-0.2, 0) is 13.6 Å². The number of halogens is 1. The fourth-order valence-electron chi connectivity index (χ4n) is 1.43. The summed E-state index contributed by atoms with van der Waals surface area (Å²) in [5.74, 6) is 0.888. The Labute approximate surface area is 99.3 Å². The van der Waals surface area contributed by atoms with E-state index in [-0.39, 0.29) is 0 Å². The number of anilines is 1. The predicted octanol–water partition coefficient (Wildman–Crippen LogP) is 2.39. The largest absolute Gasteiger partial charge is 0.377 e. The molecule has 0 spiro atoms. The fraction of sp³-hybridized carbons (Fsp3) is 0.273. The fourth-order valence-corrected chi connectivity index (χ4v) is 1.60. The number of aromatic nitrogens is 3. The highest BCUT2D eigenvalue weighted by Crippen LogP contribution is 2.20. The highest BCUT2D eigenvalue weighted by Gasteiger charge is 2.02. The molecule has 0 unspecified atom stereocenters. The average molecular weight is 237 g/mol. The number of hydrogen-bond donors (Lipinski definition) is 1. The zero-order valence-electron chi connectivity index (χ0n) is 9.24. The number of aryl methyl sites for hydroxylation is 2. The lowest BCUT2D eigenvalue weighted by molar-refractivity contribution is 0.812. The SMILES string of the molecule is Cc1ccc(Cl)cc1NCc1nncn1C. The third kappa shape index (κ3) is 2.33. The molecule has 0 aliphatic rings. The molecule has 0 amide bonds. The van der Waals surface area contributed by atoms with Gasteiger partial charge in [-0.1, -0.05) is 17.7 Å². The number of hydrogen-bond acceptors (Lipinski definition) is 3. The lowest BCUT2D eigenvalue weighted by Gasteiger charge is -2.09. The van der Waals surface area contributed by atoms with Crippen molar-refractivity contribution in [1.29, 1.82) is 0 Å². The Balaban J connectivity index is 2.10. The number of rotatable bonds is 3. The van der Waals surface area contributed by atoms with Gasteiger partial charge in [-0.3, -0.25) is 0 Å². The van der Waals surface area contributed by atoms with Gasteiger partial charge in [-0.05, 0) is 24.6 Å². The summed E-state index contributed by atoms with van der Waals surface area (Å²) in [5, 5.41) is 11.8. The maximum Gasteiger partial charge on any atom is 0.151 e. The predicted molar refractivity (Wildman–Crippen MR) is 64.5 cm³/mol. The minimum Gasteiger partial charge on any atom is -0.377 e. The molecule has 0 atom stereocenters. The highest BCUT2D eigenvalue weighted by molar-refractivity contribution is 6.30. The van der Waals surface area contributed by atoms with Crippen LogP contribution >= 0.6 is 11.6 Å². The maximum atomic E-state index is 5.94. The van der Waals surface area contributed by atoms with E-state index in [4.69, 9.17) is 11.6 Å². The van der Waals surface area contributed by atoms with Gasteiger partial charge in [0.15, 0.2) is 5.82 Å². The first-order chi connectivity index (χ1) is 7.66. The Morgan fingerprint density at radius 2 is 2.25 bits per heavy atom. The molecule has 84 valence electrons. The molecule has 0 fully saturated rings. The molecule has 0 saturated heterocycles. The zero-order chi connectivity index (χ0) is 11.5. The van der Waals surface area contributed by atoms with Crippen molar-refractivity contribution in [3.63, 3.8) is 0 Å². The standard InChI is InChI=1S/C11H13ClN4/c1-8-3-4-9(12)5-10(8)13-6-11-15-14-7-16(11)2/h3-5,7,13H,6H2,1-2H3. The summed E-state index contributed by atoms with van der Waals surface area (Å²) < 4.78 is 1.88. The monoisotopic (exact) mass is 236 g/mol. The highest BCUT2D eigenvalue weighted by atomic mass is 35.5. The van der Waals surface area contributed by atoms with Crippen LogP contribution in [0.4, 0.5) is 5.69 Å². The van der Waals surface area contributed by atoms with Crippen LogP contribution in [0.3, 0.4) is 0 Å². The maximum absolute atomic E-state index is 5.94.